The quantitative estimate of drug-likeness (QED) is 0.724. The van der Waals surface area contributed by atoms with Crippen LogP contribution in [-0.4, -0.2) is 35.4 Å². The van der Waals surface area contributed by atoms with Crippen molar-refractivity contribution in [3.63, 3.8) is 0 Å². The van der Waals surface area contributed by atoms with Crippen LogP contribution in [0.5, 0.6) is 5.75 Å². The van der Waals surface area contributed by atoms with Gasteiger partial charge in [0.15, 0.2) is 0 Å². The van der Waals surface area contributed by atoms with Crippen molar-refractivity contribution < 1.29 is 27.8 Å². The van der Waals surface area contributed by atoms with Crippen LogP contribution in [0.4, 0.5) is 13.2 Å². The Hall–Kier alpha value is -1.76. The SMILES string of the molecule is CC(C)(C)CCN1CC[C@@H](CC(=O)O)CC1c1ccc(OC(F)(F)F)cc1. The lowest BCUT2D eigenvalue weighted by molar-refractivity contribution is -0.274. The topological polar surface area (TPSA) is 49.8 Å². The molecule has 0 saturated carbocycles. The Bertz CT molecular complexity index is 623. The van der Waals surface area contributed by atoms with Gasteiger partial charge in [0.1, 0.15) is 5.75 Å². The van der Waals surface area contributed by atoms with Crippen LogP contribution in [0.25, 0.3) is 0 Å². The molecule has 1 aliphatic heterocycles. The Kier molecular flexibility index (Phi) is 6.78. The largest absolute Gasteiger partial charge is 0.573 e. The van der Waals surface area contributed by atoms with E-state index in [9.17, 15) is 18.0 Å². The summed E-state index contributed by atoms with van der Waals surface area (Å²) in [7, 11) is 0. The highest BCUT2D eigenvalue weighted by Gasteiger charge is 2.33. The van der Waals surface area contributed by atoms with Gasteiger partial charge in [-0.05, 0) is 61.4 Å². The molecule has 7 heteroatoms. The van der Waals surface area contributed by atoms with E-state index < -0.39 is 12.3 Å². The van der Waals surface area contributed by atoms with Crippen molar-refractivity contribution in [1.29, 1.82) is 0 Å². The molecule has 1 saturated heterocycles. The maximum absolute atomic E-state index is 12.4. The molecular weight excluding hydrogens is 359 g/mol. The van der Waals surface area contributed by atoms with Gasteiger partial charge in [0.05, 0.1) is 0 Å². The molecule has 1 fully saturated rings. The van der Waals surface area contributed by atoms with Crippen molar-refractivity contribution in [3.05, 3.63) is 29.8 Å². The van der Waals surface area contributed by atoms with E-state index in [0.717, 1.165) is 31.5 Å². The van der Waals surface area contributed by atoms with Crippen LogP contribution in [0.2, 0.25) is 0 Å². The fourth-order valence-electron chi connectivity index (χ4n) is 3.50. The molecule has 0 bridgehead atoms. The van der Waals surface area contributed by atoms with Gasteiger partial charge in [-0.25, -0.2) is 0 Å². The summed E-state index contributed by atoms with van der Waals surface area (Å²) < 4.78 is 41.0. The minimum atomic E-state index is -4.71. The molecule has 2 rings (SSSR count). The van der Waals surface area contributed by atoms with Crippen LogP contribution in [0.15, 0.2) is 24.3 Å². The number of carboxylic acid groups (broad SMARTS) is 1. The Balaban J connectivity index is 2.15. The first-order valence-corrected chi connectivity index (χ1v) is 9.24. The van der Waals surface area contributed by atoms with E-state index in [1.807, 2.05) is 0 Å². The van der Waals surface area contributed by atoms with Crippen LogP contribution in [0, 0.1) is 11.3 Å². The van der Waals surface area contributed by atoms with Crippen molar-refractivity contribution in [2.75, 3.05) is 13.1 Å². The molecule has 1 heterocycles. The van der Waals surface area contributed by atoms with Gasteiger partial charge in [0, 0.05) is 12.5 Å². The van der Waals surface area contributed by atoms with Crippen molar-refractivity contribution in [1.82, 2.24) is 4.90 Å². The van der Waals surface area contributed by atoms with Gasteiger partial charge in [0.2, 0.25) is 0 Å². The number of benzene rings is 1. The molecule has 1 aliphatic rings. The van der Waals surface area contributed by atoms with Crippen molar-refractivity contribution >= 4 is 5.97 Å². The molecule has 1 aromatic carbocycles. The van der Waals surface area contributed by atoms with E-state index in [-0.39, 0.29) is 29.5 Å². The number of piperidine rings is 1. The second-order valence-electron chi connectivity index (χ2n) is 8.47. The third-order valence-corrected chi connectivity index (χ3v) is 4.93. The van der Waals surface area contributed by atoms with E-state index in [0.29, 0.717) is 6.42 Å². The Labute approximate surface area is 158 Å². The third-order valence-electron chi connectivity index (χ3n) is 4.93. The van der Waals surface area contributed by atoms with Gasteiger partial charge < -0.3 is 9.84 Å². The number of aliphatic carboxylic acids is 1. The van der Waals surface area contributed by atoms with E-state index >= 15 is 0 Å². The van der Waals surface area contributed by atoms with Gasteiger partial charge in [0.25, 0.3) is 0 Å². The summed E-state index contributed by atoms with van der Waals surface area (Å²) >= 11 is 0. The number of halogens is 3. The zero-order valence-electron chi connectivity index (χ0n) is 16.1. The molecular formula is C20H28F3NO3. The fraction of sp³-hybridized carbons (Fsp3) is 0.650. The second kappa shape index (κ2) is 8.50. The van der Waals surface area contributed by atoms with Gasteiger partial charge in [-0.15, -0.1) is 13.2 Å². The number of carbonyl (C=O) groups is 1. The minimum Gasteiger partial charge on any atom is -0.481 e. The fourth-order valence-corrected chi connectivity index (χ4v) is 3.50. The Morgan fingerprint density at radius 3 is 2.37 bits per heavy atom. The first-order chi connectivity index (χ1) is 12.4. The monoisotopic (exact) mass is 387 g/mol. The van der Waals surface area contributed by atoms with Gasteiger partial charge in [-0.3, -0.25) is 9.69 Å². The number of ether oxygens (including phenoxy) is 1. The van der Waals surface area contributed by atoms with Crippen LogP contribution >= 0.6 is 0 Å². The number of alkyl halides is 3. The highest BCUT2D eigenvalue weighted by Crippen LogP contribution is 2.37. The van der Waals surface area contributed by atoms with Gasteiger partial charge in [-0.1, -0.05) is 32.9 Å². The number of nitrogens with zero attached hydrogens (tertiary/aromatic N) is 1. The molecule has 1 unspecified atom stereocenters. The molecule has 0 spiro atoms. The lowest BCUT2D eigenvalue weighted by atomic mass is 9.84. The van der Waals surface area contributed by atoms with Crippen LogP contribution in [0.3, 0.4) is 0 Å². The normalized spacial score (nSPS) is 21.9. The van der Waals surface area contributed by atoms with Crippen molar-refractivity contribution in [3.8, 4) is 5.75 Å². The van der Waals surface area contributed by atoms with Crippen LogP contribution < -0.4 is 4.74 Å². The minimum absolute atomic E-state index is 0.00499. The number of hydrogen-bond donors (Lipinski definition) is 1. The molecule has 1 N–H and O–H groups in total. The number of carboxylic acids is 1. The van der Waals surface area contributed by atoms with E-state index in [1.165, 1.54) is 12.1 Å². The van der Waals surface area contributed by atoms with Crippen molar-refractivity contribution in [2.45, 2.75) is 58.9 Å². The lowest BCUT2D eigenvalue weighted by Crippen LogP contribution is -2.39. The maximum Gasteiger partial charge on any atom is 0.573 e. The predicted octanol–water partition coefficient (Wildman–Crippen LogP) is 5.25. The molecule has 27 heavy (non-hydrogen) atoms. The molecule has 2 atom stereocenters. The third kappa shape index (κ3) is 7.40. The summed E-state index contributed by atoms with van der Waals surface area (Å²) in [6.07, 6.45) is -2.09. The number of likely N-dealkylation sites (tertiary alicyclic amines) is 1. The average molecular weight is 387 g/mol. The van der Waals surface area contributed by atoms with Crippen LogP contribution in [-0.2, 0) is 4.79 Å². The second-order valence-corrected chi connectivity index (χ2v) is 8.47. The molecule has 1 aromatic rings. The zero-order valence-corrected chi connectivity index (χ0v) is 16.1. The summed E-state index contributed by atoms with van der Waals surface area (Å²) in [6.45, 7) is 8.17. The number of hydrogen-bond acceptors (Lipinski definition) is 3. The predicted molar refractivity (Wildman–Crippen MR) is 96.5 cm³/mol. The summed E-state index contributed by atoms with van der Waals surface area (Å²) in [4.78, 5) is 13.4. The van der Waals surface area contributed by atoms with E-state index in [2.05, 4.69) is 30.4 Å². The zero-order chi connectivity index (χ0) is 20.2. The first kappa shape index (κ1) is 21.5. The summed E-state index contributed by atoms with van der Waals surface area (Å²) in [5, 5.41) is 9.11. The summed E-state index contributed by atoms with van der Waals surface area (Å²) in [6, 6.07) is 5.96. The van der Waals surface area contributed by atoms with Crippen LogP contribution in [0.1, 0.15) is 58.1 Å². The standard InChI is InChI=1S/C20H28F3NO3/c1-19(2,3)9-11-24-10-8-14(13-18(25)26)12-17(24)15-4-6-16(7-5-15)27-20(21,22)23/h4-7,14,17H,8-13H2,1-3H3,(H,25,26)/t14-,17?/m1/s1. The summed E-state index contributed by atoms with van der Waals surface area (Å²) in [5.41, 5.74) is 1.07. The number of rotatable bonds is 6. The first-order valence-electron chi connectivity index (χ1n) is 9.24. The van der Waals surface area contributed by atoms with Gasteiger partial charge >= 0.3 is 12.3 Å². The van der Waals surface area contributed by atoms with E-state index in [1.54, 1.807) is 12.1 Å². The highest BCUT2D eigenvalue weighted by atomic mass is 19.4. The lowest BCUT2D eigenvalue weighted by Gasteiger charge is -2.40. The highest BCUT2D eigenvalue weighted by molar-refractivity contribution is 5.67. The van der Waals surface area contributed by atoms with Gasteiger partial charge in [-0.2, -0.15) is 0 Å². The van der Waals surface area contributed by atoms with E-state index in [4.69, 9.17) is 5.11 Å². The molecule has 0 radical (unpaired) electrons. The smallest absolute Gasteiger partial charge is 0.481 e. The summed E-state index contributed by atoms with van der Waals surface area (Å²) in [5.74, 6) is -0.981. The average Bonchev–Trinajstić information content (AvgIpc) is 2.51. The van der Waals surface area contributed by atoms with Crippen molar-refractivity contribution in [2.24, 2.45) is 11.3 Å². The molecule has 4 nitrogen and oxygen atoms in total. The Morgan fingerprint density at radius 1 is 1.22 bits per heavy atom. The molecule has 0 aliphatic carbocycles. The molecule has 0 amide bonds. The Morgan fingerprint density at radius 2 is 1.85 bits per heavy atom. The molecule has 0 aromatic heterocycles. The molecule has 152 valence electrons. The maximum atomic E-state index is 12.4.